The van der Waals surface area contributed by atoms with Crippen LogP contribution in [0.5, 0.6) is 0 Å². The average Bonchev–Trinajstić information content (AvgIpc) is 2.47. The van der Waals surface area contributed by atoms with Crippen LogP contribution in [0.3, 0.4) is 0 Å². The van der Waals surface area contributed by atoms with Crippen LogP contribution in [-0.4, -0.2) is 73.4 Å². The Kier molecular flexibility index (Phi) is 6.24. The number of likely N-dealkylation sites (N-methyl/N-ethyl adjacent to an activating group) is 1. The van der Waals surface area contributed by atoms with Gasteiger partial charge in [0.05, 0.1) is 19.3 Å². The first-order valence-corrected chi connectivity index (χ1v) is 8.60. The quantitative estimate of drug-likeness (QED) is 0.833. The van der Waals surface area contributed by atoms with Gasteiger partial charge in [-0.05, 0) is 31.1 Å². The van der Waals surface area contributed by atoms with E-state index >= 15 is 0 Å². The highest BCUT2D eigenvalue weighted by Crippen LogP contribution is 2.38. The molecule has 0 aromatic carbocycles. The van der Waals surface area contributed by atoms with Crippen molar-refractivity contribution in [1.82, 2.24) is 9.80 Å². The summed E-state index contributed by atoms with van der Waals surface area (Å²) in [6, 6.07) is 0. The molecule has 1 aliphatic heterocycles. The van der Waals surface area contributed by atoms with E-state index in [0.717, 1.165) is 52.0 Å². The predicted molar refractivity (Wildman–Crippen MR) is 86.6 cm³/mol. The highest BCUT2D eigenvalue weighted by molar-refractivity contribution is 5.78. The van der Waals surface area contributed by atoms with Gasteiger partial charge >= 0.3 is 0 Å². The van der Waals surface area contributed by atoms with E-state index < -0.39 is 6.10 Å². The lowest BCUT2D eigenvalue weighted by Crippen LogP contribution is -2.46. The number of amides is 1. The molecule has 0 aromatic rings. The molecule has 1 atom stereocenters. The van der Waals surface area contributed by atoms with E-state index in [9.17, 15) is 9.90 Å². The van der Waals surface area contributed by atoms with Gasteiger partial charge in [0.1, 0.15) is 0 Å². The van der Waals surface area contributed by atoms with E-state index in [0.29, 0.717) is 18.5 Å². The molecule has 5 nitrogen and oxygen atoms in total. The fourth-order valence-corrected chi connectivity index (χ4v) is 3.50. The Labute approximate surface area is 134 Å². The van der Waals surface area contributed by atoms with E-state index in [-0.39, 0.29) is 11.8 Å². The number of nitrogens with zero attached hydrogens (tertiary/aromatic N) is 2. The standard InChI is InChI=1S/C17H32N2O3/c1-17(2)6-4-14(5-7-17)16(21)18(3)12-15(20)13-19-8-10-22-11-9-19/h14-15,20H,4-13H2,1-3H3. The van der Waals surface area contributed by atoms with Crippen molar-refractivity contribution in [3.8, 4) is 0 Å². The number of rotatable bonds is 5. The van der Waals surface area contributed by atoms with Gasteiger partial charge in [-0.1, -0.05) is 13.8 Å². The second-order valence-corrected chi connectivity index (χ2v) is 7.72. The smallest absolute Gasteiger partial charge is 0.225 e. The van der Waals surface area contributed by atoms with Gasteiger partial charge in [0.15, 0.2) is 0 Å². The lowest BCUT2D eigenvalue weighted by atomic mass is 9.73. The van der Waals surface area contributed by atoms with Gasteiger partial charge in [-0.3, -0.25) is 9.69 Å². The van der Waals surface area contributed by atoms with Crippen molar-refractivity contribution in [2.24, 2.45) is 11.3 Å². The maximum atomic E-state index is 12.5. The van der Waals surface area contributed by atoms with E-state index in [1.54, 1.807) is 4.90 Å². The summed E-state index contributed by atoms with van der Waals surface area (Å²) in [5.41, 5.74) is 0.380. The van der Waals surface area contributed by atoms with Gasteiger partial charge in [-0.25, -0.2) is 0 Å². The number of carbonyl (C=O) groups is 1. The predicted octanol–water partition coefficient (Wildman–Crippen LogP) is 1.35. The van der Waals surface area contributed by atoms with Crippen molar-refractivity contribution in [3.05, 3.63) is 0 Å². The van der Waals surface area contributed by atoms with Crippen molar-refractivity contribution in [3.63, 3.8) is 0 Å². The SMILES string of the molecule is CN(CC(O)CN1CCOCC1)C(=O)C1CCC(C)(C)CC1. The summed E-state index contributed by atoms with van der Waals surface area (Å²) in [4.78, 5) is 16.5. The molecule has 1 amide bonds. The van der Waals surface area contributed by atoms with Gasteiger partial charge < -0.3 is 14.7 Å². The molecule has 1 N–H and O–H groups in total. The zero-order valence-electron chi connectivity index (χ0n) is 14.4. The Hall–Kier alpha value is -0.650. The average molecular weight is 312 g/mol. The fraction of sp³-hybridized carbons (Fsp3) is 0.941. The molecule has 1 aliphatic carbocycles. The monoisotopic (exact) mass is 312 g/mol. The summed E-state index contributed by atoms with van der Waals surface area (Å²) in [5.74, 6) is 0.352. The van der Waals surface area contributed by atoms with Crippen molar-refractivity contribution in [2.75, 3.05) is 46.4 Å². The number of hydrogen-bond acceptors (Lipinski definition) is 4. The Balaban J connectivity index is 1.73. The van der Waals surface area contributed by atoms with Crippen LogP contribution in [0.2, 0.25) is 0 Å². The van der Waals surface area contributed by atoms with Crippen LogP contribution < -0.4 is 0 Å². The molecule has 22 heavy (non-hydrogen) atoms. The minimum absolute atomic E-state index is 0.147. The minimum Gasteiger partial charge on any atom is -0.390 e. The Bertz CT molecular complexity index is 357. The highest BCUT2D eigenvalue weighted by Gasteiger charge is 2.32. The van der Waals surface area contributed by atoms with Crippen LogP contribution in [0.1, 0.15) is 39.5 Å². The first-order valence-electron chi connectivity index (χ1n) is 8.60. The molecule has 5 heteroatoms. The number of β-amino-alcohol motifs (C(OH)–C–C–N with tert-alkyl or cyclic N) is 1. The molecule has 0 spiro atoms. The van der Waals surface area contributed by atoms with Crippen LogP contribution in [0.25, 0.3) is 0 Å². The second kappa shape index (κ2) is 7.75. The number of hydrogen-bond donors (Lipinski definition) is 1. The van der Waals surface area contributed by atoms with Gasteiger partial charge in [0.25, 0.3) is 0 Å². The molecule has 128 valence electrons. The van der Waals surface area contributed by atoms with E-state index in [2.05, 4.69) is 18.7 Å². The number of aliphatic hydroxyl groups is 1. The summed E-state index contributed by atoms with van der Waals surface area (Å²) in [7, 11) is 1.82. The molecule has 2 aliphatic rings. The van der Waals surface area contributed by atoms with Crippen molar-refractivity contribution in [1.29, 1.82) is 0 Å². The van der Waals surface area contributed by atoms with Gasteiger partial charge in [0, 0.05) is 39.1 Å². The highest BCUT2D eigenvalue weighted by atomic mass is 16.5. The van der Waals surface area contributed by atoms with Crippen LogP contribution >= 0.6 is 0 Å². The van der Waals surface area contributed by atoms with E-state index in [4.69, 9.17) is 4.74 Å². The number of carbonyl (C=O) groups excluding carboxylic acids is 1. The molecule has 0 aromatic heterocycles. The fourth-order valence-electron chi connectivity index (χ4n) is 3.50. The molecule has 0 bridgehead atoms. The molecule has 1 saturated carbocycles. The first-order chi connectivity index (χ1) is 10.4. The largest absolute Gasteiger partial charge is 0.390 e. The zero-order valence-corrected chi connectivity index (χ0v) is 14.4. The van der Waals surface area contributed by atoms with Gasteiger partial charge in [-0.2, -0.15) is 0 Å². The van der Waals surface area contributed by atoms with Crippen LogP contribution in [0.15, 0.2) is 0 Å². The van der Waals surface area contributed by atoms with Gasteiger partial charge in [0.2, 0.25) is 5.91 Å². The molecular weight excluding hydrogens is 280 g/mol. The summed E-state index contributed by atoms with van der Waals surface area (Å²) in [6.07, 6.45) is 3.72. The van der Waals surface area contributed by atoms with Crippen LogP contribution in [0.4, 0.5) is 0 Å². The molecule has 2 rings (SSSR count). The lowest BCUT2D eigenvalue weighted by molar-refractivity contribution is -0.137. The molecular formula is C17H32N2O3. The number of morpholine rings is 1. The number of ether oxygens (including phenoxy) is 1. The minimum atomic E-state index is -0.480. The Morgan fingerprint density at radius 3 is 2.50 bits per heavy atom. The maximum absolute atomic E-state index is 12.5. The van der Waals surface area contributed by atoms with Crippen molar-refractivity contribution < 1.29 is 14.6 Å². The third-order valence-corrected chi connectivity index (χ3v) is 5.12. The third kappa shape index (κ3) is 5.21. The zero-order chi connectivity index (χ0) is 16.2. The molecule has 0 radical (unpaired) electrons. The third-order valence-electron chi connectivity index (χ3n) is 5.12. The van der Waals surface area contributed by atoms with E-state index in [1.165, 1.54) is 0 Å². The first kappa shape index (κ1) is 17.7. The van der Waals surface area contributed by atoms with E-state index in [1.807, 2.05) is 7.05 Å². The Morgan fingerprint density at radius 2 is 1.91 bits per heavy atom. The summed E-state index contributed by atoms with van der Waals surface area (Å²) in [6.45, 7) is 8.82. The summed E-state index contributed by atoms with van der Waals surface area (Å²) in [5, 5.41) is 10.2. The molecule has 1 heterocycles. The van der Waals surface area contributed by atoms with Gasteiger partial charge in [-0.15, -0.1) is 0 Å². The molecule has 1 saturated heterocycles. The Morgan fingerprint density at radius 1 is 1.32 bits per heavy atom. The lowest BCUT2D eigenvalue weighted by Gasteiger charge is -2.36. The topological polar surface area (TPSA) is 53.0 Å². The summed E-state index contributed by atoms with van der Waals surface area (Å²) < 4.78 is 5.31. The normalized spacial score (nSPS) is 24.9. The molecule has 1 unspecified atom stereocenters. The maximum Gasteiger partial charge on any atom is 0.225 e. The van der Waals surface area contributed by atoms with Crippen LogP contribution in [0, 0.1) is 11.3 Å². The molecule has 2 fully saturated rings. The summed E-state index contributed by atoms with van der Waals surface area (Å²) >= 11 is 0. The van der Waals surface area contributed by atoms with Crippen molar-refractivity contribution >= 4 is 5.91 Å². The second-order valence-electron chi connectivity index (χ2n) is 7.72. The van der Waals surface area contributed by atoms with Crippen LogP contribution in [-0.2, 0) is 9.53 Å². The number of aliphatic hydroxyl groups excluding tert-OH is 1. The van der Waals surface area contributed by atoms with Crippen molar-refractivity contribution in [2.45, 2.75) is 45.6 Å².